The number of carbonyl (C=O) groups is 1. The molecule has 0 aliphatic rings. The molecule has 1 unspecified atom stereocenters. The maximum absolute atomic E-state index is 10.8. The number of nitrogens with one attached hydrogen (secondary N) is 1. The molecule has 82 valence electrons. The molecule has 0 bridgehead atoms. The van der Waals surface area contributed by atoms with Crippen LogP contribution < -0.4 is 11.1 Å². The van der Waals surface area contributed by atoms with E-state index in [0.29, 0.717) is 11.6 Å². The second kappa shape index (κ2) is 5.03. The van der Waals surface area contributed by atoms with Crippen molar-refractivity contribution in [2.75, 3.05) is 11.9 Å². The van der Waals surface area contributed by atoms with Crippen molar-refractivity contribution in [3.05, 3.63) is 28.8 Å². The maximum atomic E-state index is 10.8. The summed E-state index contributed by atoms with van der Waals surface area (Å²) in [7, 11) is 0. The Labute approximate surface area is 94.6 Å². The summed E-state index contributed by atoms with van der Waals surface area (Å²) in [4.78, 5) is 10.8. The van der Waals surface area contributed by atoms with E-state index in [2.05, 4.69) is 5.32 Å². The van der Waals surface area contributed by atoms with Crippen molar-refractivity contribution in [2.45, 2.75) is 13.8 Å². The fourth-order valence-corrected chi connectivity index (χ4v) is 1.32. The highest BCUT2D eigenvalue weighted by Gasteiger charge is 2.08. The summed E-state index contributed by atoms with van der Waals surface area (Å²) in [6.07, 6.45) is 0. The van der Waals surface area contributed by atoms with Crippen LogP contribution in [-0.2, 0) is 4.79 Å². The fourth-order valence-electron chi connectivity index (χ4n) is 1.15. The van der Waals surface area contributed by atoms with Gasteiger partial charge in [0.15, 0.2) is 0 Å². The molecule has 0 aliphatic carbocycles. The van der Waals surface area contributed by atoms with Crippen molar-refractivity contribution in [3.8, 4) is 0 Å². The molecule has 0 saturated carbocycles. The van der Waals surface area contributed by atoms with Gasteiger partial charge >= 0.3 is 0 Å². The van der Waals surface area contributed by atoms with E-state index in [-0.39, 0.29) is 11.8 Å². The van der Waals surface area contributed by atoms with Crippen LogP contribution in [0.1, 0.15) is 12.5 Å². The minimum absolute atomic E-state index is 0.191. The molecule has 0 heterocycles. The van der Waals surface area contributed by atoms with Gasteiger partial charge in [-0.1, -0.05) is 24.6 Å². The van der Waals surface area contributed by atoms with Gasteiger partial charge in [0.2, 0.25) is 5.91 Å². The highest BCUT2D eigenvalue weighted by Crippen LogP contribution is 2.20. The quantitative estimate of drug-likeness (QED) is 0.827. The van der Waals surface area contributed by atoms with E-state index in [1.165, 1.54) is 0 Å². The number of halogens is 1. The lowest BCUT2D eigenvalue weighted by atomic mass is 10.1. The van der Waals surface area contributed by atoms with E-state index in [4.69, 9.17) is 17.3 Å². The third kappa shape index (κ3) is 3.44. The fraction of sp³-hybridized carbons (Fsp3) is 0.364. The lowest BCUT2D eigenvalue weighted by Crippen LogP contribution is -2.26. The highest BCUT2D eigenvalue weighted by atomic mass is 35.5. The molecule has 1 rings (SSSR count). The zero-order valence-corrected chi connectivity index (χ0v) is 9.64. The summed E-state index contributed by atoms with van der Waals surface area (Å²) in [6, 6.07) is 5.60. The average molecular weight is 227 g/mol. The van der Waals surface area contributed by atoms with Crippen molar-refractivity contribution in [3.63, 3.8) is 0 Å². The van der Waals surface area contributed by atoms with E-state index < -0.39 is 0 Å². The molecule has 0 spiro atoms. The molecule has 0 saturated heterocycles. The summed E-state index contributed by atoms with van der Waals surface area (Å²) >= 11 is 5.86. The molecule has 0 fully saturated rings. The number of hydrogen-bond acceptors (Lipinski definition) is 2. The molecule has 1 atom stereocenters. The minimum Gasteiger partial charge on any atom is -0.384 e. The Balaban J connectivity index is 2.65. The van der Waals surface area contributed by atoms with E-state index >= 15 is 0 Å². The number of nitrogens with two attached hydrogens (primary N) is 1. The number of rotatable bonds is 4. The van der Waals surface area contributed by atoms with E-state index in [9.17, 15) is 4.79 Å². The number of anilines is 1. The molecule has 3 nitrogen and oxygen atoms in total. The Bertz CT molecular complexity index is 366. The Kier molecular flexibility index (Phi) is 3.97. The standard InChI is InChI=1S/C11H15ClN2O/c1-7-3-4-9(12)5-10(7)14-6-8(2)11(13)15/h3-5,8,14H,6H2,1-2H3,(H2,13,15). The largest absolute Gasteiger partial charge is 0.384 e. The van der Waals surface area contributed by atoms with Crippen LogP contribution in [0, 0.1) is 12.8 Å². The first-order chi connectivity index (χ1) is 7.00. The molecule has 0 radical (unpaired) electrons. The molecular weight excluding hydrogens is 212 g/mol. The second-order valence-electron chi connectivity index (χ2n) is 3.64. The van der Waals surface area contributed by atoms with Gasteiger partial charge in [-0.05, 0) is 24.6 Å². The molecule has 3 N–H and O–H groups in total. The number of hydrogen-bond donors (Lipinski definition) is 2. The van der Waals surface area contributed by atoms with Gasteiger partial charge < -0.3 is 11.1 Å². The molecule has 15 heavy (non-hydrogen) atoms. The lowest BCUT2D eigenvalue weighted by molar-refractivity contribution is -0.120. The van der Waals surface area contributed by atoms with E-state index in [1.807, 2.05) is 25.1 Å². The van der Waals surface area contributed by atoms with Gasteiger partial charge in [-0.2, -0.15) is 0 Å². The van der Waals surface area contributed by atoms with Crippen molar-refractivity contribution in [1.82, 2.24) is 0 Å². The number of amides is 1. The first-order valence-electron chi connectivity index (χ1n) is 4.80. The summed E-state index contributed by atoms with van der Waals surface area (Å²) < 4.78 is 0. The van der Waals surface area contributed by atoms with Crippen LogP contribution >= 0.6 is 11.6 Å². The minimum atomic E-state index is -0.304. The maximum Gasteiger partial charge on any atom is 0.222 e. The Morgan fingerprint density at radius 3 is 2.87 bits per heavy atom. The van der Waals surface area contributed by atoms with Gasteiger partial charge in [0.05, 0.1) is 5.92 Å². The first-order valence-corrected chi connectivity index (χ1v) is 5.18. The number of carbonyl (C=O) groups excluding carboxylic acids is 1. The van der Waals surface area contributed by atoms with Crippen molar-refractivity contribution in [1.29, 1.82) is 0 Å². The number of aryl methyl sites for hydroxylation is 1. The van der Waals surface area contributed by atoms with Crippen molar-refractivity contribution >= 4 is 23.2 Å². The summed E-state index contributed by atoms with van der Waals surface area (Å²) in [5, 5.41) is 3.83. The molecule has 1 amide bonds. The lowest BCUT2D eigenvalue weighted by Gasteiger charge is -2.12. The van der Waals surface area contributed by atoms with Crippen LogP contribution in [0.3, 0.4) is 0 Å². The first kappa shape index (κ1) is 11.9. The number of primary amides is 1. The van der Waals surface area contributed by atoms with Crippen molar-refractivity contribution < 1.29 is 4.79 Å². The van der Waals surface area contributed by atoms with Gasteiger partial charge in [-0.3, -0.25) is 4.79 Å². The molecule has 1 aromatic rings. The zero-order valence-electron chi connectivity index (χ0n) is 8.88. The normalized spacial score (nSPS) is 12.2. The molecular formula is C11H15ClN2O. The van der Waals surface area contributed by atoms with Crippen LogP contribution in [0.2, 0.25) is 5.02 Å². The van der Waals surface area contributed by atoms with Crippen LogP contribution in [0.25, 0.3) is 0 Å². The SMILES string of the molecule is Cc1ccc(Cl)cc1NCC(C)C(N)=O. The van der Waals surface area contributed by atoms with Crippen LogP contribution in [-0.4, -0.2) is 12.5 Å². The highest BCUT2D eigenvalue weighted by molar-refractivity contribution is 6.30. The van der Waals surface area contributed by atoms with Gasteiger partial charge in [-0.25, -0.2) is 0 Å². The summed E-state index contributed by atoms with van der Waals surface area (Å²) in [5.74, 6) is -0.495. The number of benzene rings is 1. The van der Waals surface area contributed by atoms with Gasteiger partial charge in [-0.15, -0.1) is 0 Å². The Morgan fingerprint density at radius 1 is 1.60 bits per heavy atom. The monoisotopic (exact) mass is 226 g/mol. The predicted molar refractivity (Wildman–Crippen MR) is 63.0 cm³/mol. The Morgan fingerprint density at radius 2 is 2.27 bits per heavy atom. The smallest absolute Gasteiger partial charge is 0.222 e. The summed E-state index contributed by atoms with van der Waals surface area (Å²) in [6.45, 7) is 4.29. The van der Waals surface area contributed by atoms with Crippen LogP contribution in [0.15, 0.2) is 18.2 Å². The van der Waals surface area contributed by atoms with Crippen molar-refractivity contribution in [2.24, 2.45) is 11.7 Å². The molecule has 0 aromatic heterocycles. The topological polar surface area (TPSA) is 55.1 Å². The Hall–Kier alpha value is -1.22. The average Bonchev–Trinajstić information content (AvgIpc) is 2.18. The third-order valence-corrected chi connectivity index (χ3v) is 2.52. The van der Waals surface area contributed by atoms with Crippen LogP contribution in [0.4, 0.5) is 5.69 Å². The van der Waals surface area contributed by atoms with Gasteiger partial charge in [0.1, 0.15) is 0 Å². The second-order valence-corrected chi connectivity index (χ2v) is 4.08. The molecule has 4 heteroatoms. The molecule has 1 aromatic carbocycles. The van der Waals surface area contributed by atoms with Crippen LogP contribution in [0.5, 0.6) is 0 Å². The van der Waals surface area contributed by atoms with E-state index in [0.717, 1.165) is 11.3 Å². The predicted octanol–water partition coefficient (Wildman–Crippen LogP) is 2.18. The van der Waals surface area contributed by atoms with E-state index in [1.54, 1.807) is 6.92 Å². The third-order valence-electron chi connectivity index (χ3n) is 2.28. The zero-order chi connectivity index (χ0) is 11.4. The van der Waals surface area contributed by atoms with Gasteiger partial charge in [0, 0.05) is 17.3 Å². The summed E-state index contributed by atoms with van der Waals surface area (Å²) in [5.41, 5.74) is 7.20. The van der Waals surface area contributed by atoms with Gasteiger partial charge in [0.25, 0.3) is 0 Å². The molecule has 0 aliphatic heterocycles.